The Morgan fingerprint density at radius 1 is 1.14 bits per heavy atom. The van der Waals surface area contributed by atoms with Gasteiger partial charge in [-0.1, -0.05) is 35.0 Å². The zero-order valence-corrected chi connectivity index (χ0v) is 14.7. The summed E-state index contributed by atoms with van der Waals surface area (Å²) in [6.45, 7) is 2.25. The van der Waals surface area contributed by atoms with Crippen LogP contribution >= 0.6 is 0 Å². The van der Waals surface area contributed by atoms with Crippen LogP contribution in [0.15, 0.2) is 48.5 Å². The zero-order chi connectivity index (χ0) is 20.3. The number of nitrogens with two attached hydrogens (primary N) is 1. The Kier molecular flexibility index (Phi) is 5.21. The second-order valence-electron chi connectivity index (χ2n) is 5.95. The first-order valence-corrected chi connectivity index (χ1v) is 8.14. The van der Waals surface area contributed by atoms with Gasteiger partial charge in [-0.05, 0) is 36.8 Å². The molecule has 0 aliphatic heterocycles. The summed E-state index contributed by atoms with van der Waals surface area (Å²) >= 11 is 0. The van der Waals surface area contributed by atoms with Crippen molar-refractivity contribution in [3.05, 3.63) is 65.4 Å². The van der Waals surface area contributed by atoms with Gasteiger partial charge in [-0.2, -0.15) is 4.68 Å². The van der Waals surface area contributed by atoms with Crippen molar-refractivity contribution in [3.63, 3.8) is 0 Å². The highest BCUT2D eigenvalue weighted by Crippen LogP contribution is 2.24. The topological polar surface area (TPSA) is 95.1 Å². The molecule has 3 rings (SSSR count). The van der Waals surface area contributed by atoms with Gasteiger partial charge < -0.3 is 15.8 Å². The number of nitrogens with zero attached hydrogens (tertiary/aromatic N) is 3. The number of carbonyl (C=O) groups is 1. The van der Waals surface area contributed by atoms with Gasteiger partial charge in [0.1, 0.15) is 5.75 Å². The minimum Gasteiger partial charge on any atom is -0.406 e. The van der Waals surface area contributed by atoms with Crippen LogP contribution in [0, 0.1) is 6.92 Å². The van der Waals surface area contributed by atoms with Gasteiger partial charge in [0.25, 0.3) is 5.91 Å². The van der Waals surface area contributed by atoms with Crippen molar-refractivity contribution >= 4 is 11.7 Å². The number of amides is 1. The number of nitrogen functional groups attached to an aromatic ring is 1. The average molecular weight is 391 g/mol. The van der Waals surface area contributed by atoms with Crippen LogP contribution in [-0.2, 0) is 6.54 Å². The smallest absolute Gasteiger partial charge is 0.406 e. The molecular formula is C18H16F3N5O2. The molecule has 28 heavy (non-hydrogen) atoms. The van der Waals surface area contributed by atoms with Crippen molar-refractivity contribution in [1.82, 2.24) is 20.3 Å². The lowest BCUT2D eigenvalue weighted by molar-refractivity contribution is -0.274. The summed E-state index contributed by atoms with van der Waals surface area (Å²) < 4.78 is 41.6. The van der Waals surface area contributed by atoms with E-state index in [0.29, 0.717) is 5.69 Å². The zero-order valence-electron chi connectivity index (χ0n) is 14.7. The summed E-state index contributed by atoms with van der Waals surface area (Å²) in [5.41, 5.74) is 8.19. The summed E-state index contributed by atoms with van der Waals surface area (Å²) in [6.07, 6.45) is -4.78. The molecular weight excluding hydrogens is 375 g/mol. The van der Waals surface area contributed by atoms with Crippen LogP contribution in [-0.4, -0.2) is 27.3 Å². The summed E-state index contributed by atoms with van der Waals surface area (Å²) in [6, 6.07) is 12.5. The molecule has 0 aliphatic rings. The van der Waals surface area contributed by atoms with Crippen molar-refractivity contribution in [2.24, 2.45) is 0 Å². The van der Waals surface area contributed by atoms with Crippen LogP contribution < -0.4 is 15.8 Å². The van der Waals surface area contributed by atoms with Gasteiger partial charge in [-0.25, -0.2) is 0 Å². The lowest BCUT2D eigenvalue weighted by Crippen LogP contribution is -2.24. The fourth-order valence-electron chi connectivity index (χ4n) is 2.40. The van der Waals surface area contributed by atoms with Gasteiger partial charge >= 0.3 is 6.36 Å². The number of rotatable bonds is 5. The standard InChI is InChI=1S/C18H16F3N5O2/c1-11-2-4-12(5-3-11)10-23-17(27)15-16(22)26(25-24-15)13-6-8-14(9-7-13)28-18(19,20)21/h2-9H,10,22H2,1H3,(H,23,27). The highest BCUT2D eigenvalue weighted by atomic mass is 19.4. The normalized spacial score (nSPS) is 11.3. The molecule has 0 saturated carbocycles. The van der Waals surface area contributed by atoms with Crippen molar-refractivity contribution < 1.29 is 22.7 Å². The first-order valence-electron chi connectivity index (χ1n) is 8.14. The van der Waals surface area contributed by atoms with E-state index in [0.717, 1.165) is 27.9 Å². The largest absolute Gasteiger partial charge is 0.573 e. The van der Waals surface area contributed by atoms with E-state index in [2.05, 4.69) is 20.4 Å². The SMILES string of the molecule is Cc1ccc(CNC(=O)c2nnn(-c3ccc(OC(F)(F)F)cc3)c2N)cc1. The Morgan fingerprint density at radius 2 is 1.79 bits per heavy atom. The minimum atomic E-state index is -4.78. The van der Waals surface area contributed by atoms with Crippen molar-refractivity contribution in [2.45, 2.75) is 19.8 Å². The molecule has 1 aromatic heterocycles. The second kappa shape index (κ2) is 7.59. The van der Waals surface area contributed by atoms with E-state index >= 15 is 0 Å². The van der Waals surface area contributed by atoms with E-state index < -0.39 is 12.3 Å². The Morgan fingerprint density at radius 3 is 2.39 bits per heavy atom. The number of ether oxygens (including phenoxy) is 1. The first-order chi connectivity index (χ1) is 13.2. The number of carbonyl (C=O) groups excluding carboxylic acids is 1. The molecule has 10 heteroatoms. The van der Waals surface area contributed by atoms with E-state index in [-0.39, 0.29) is 23.8 Å². The molecule has 0 radical (unpaired) electrons. The molecule has 3 aromatic rings. The number of hydrogen-bond acceptors (Lipinski definition) is 5. The summed E-state index contributed by atoms with van der Waals surface area (Å²) in [4.78, 5) is 12.3. The molecule has 3 N–H and O–H groups in total. The second-order valence-corrected chi connectivity index (χ2v) is 5.95. The predicted molar refractivity (Wildman–Crippen MR) is 94.8 cm³/mol. The molecule has 146 valence electrons. The van der Waals surface area contributed by atoms with E-state index in [9.17, 15) is 18.0 Å². The third kappa shape index (κ3) is 4.58. The average Bonchev–Trinajstić information content (AvgIpc) is 3.02. The molecule has 0 fully saturated rings. The number of anilines is 1. The fraction of sp³-hybridized carbons (Fsp3) is 0.167. The van der Waals surface area contributed by atoms with Gasteiger partial charge in [0.2, 0.25) is 0 Å². The molecule has 0 bridgehead atoms. The fourth-order valence-corrected chi connectivity index (χ4v) is 2.40. The maximum atomic E-state index is 12.3. The number of aromatic nitrogens is 3. The van der Waals surface area contributed by atoms with Gasteiger partial charge in [-0.3, -0.25) is 4.79 Å². The van der Waals surface area contributed by atoms with E-state index in [1.54, 1.807) is 0 Å². The molecule has 0 aliphatic carbocycles. The van der Waals surface area contributed by atoms with Crippen molar-refractivity contribution in [1.29, 1.82) is 0 Å². The van der Waals surface area contributed by atoms with Gasteiger partial charge in [0.05, 0.1) is 5.69 Å². The number of hydrogen-bond donors (Lipinski definition) is 2. The number of alkyl halides is 3. The van der Waals surface area contributed by atoms with Crippen LogP contribution in [0.2, 0.25) is 0 Å². The van der Waals surface area contributed by atoms with E-state index in [1.807, 2.05) is 31.2 Å². The molecule has 1 heterocycles. The quantitative estimate of drug-likeness (QED) is 0.697. The van der Waals surface area contributed by atoms with Crippen LogP contribution in [0.1, 0.15) is 21.6 Å². The third-order valence-corrected chi connectivity index (χ3v) is 3.81. The maximum Gasteiger partial charge on any atom is 0.573 e. The Hall–Kier alpha value is -3.56. The van der Waals surface area contributed by atoms with Gasteiger partial charge in [-0.15, -0.1) is 18.3 Å². The van der Waals surface area contributed by atoms with Gasteiger partial charge in [0, 0.05) is 6.54 Å². The van der Waals surface area contributed by atoms with Crippen molar-refractivity contribution in [3.8, 4) is 11.4 Å². The highest BCUT2D eigenvalue weighted by Gasteiger charge is 2.31. The summed E-state index contributed by atoms with van der Waals surface area (Å²) in [5.74, 6) is -0.932. The lowest BCUT2D eigenvalue weighted by atomic mass is 10.1. The maximum absolute atomic E-state index is 12.3. The highest BCUT2D eigenvalue weighted by molar-refractivity contribution is 5.96. The van der Waals surface area contributed by atoms with E-state index in [4.69, 9.17) is 5.73 Å². The number of halogens is 3. The van der Waals surface area contributed by atoms with E-state index in [1.165, 1.54) is 12.1 Å². The summed E-state index contributed by atoms with van der Waals surface area (Å²) in [5, 5.41) is 10.3. The molecule has 0 saturated heterocycles. The van der Waals surface area contributed by atoms with Crippen molar-refractivity contribution in [2.75, 3.05) is 5.73 Å². The number of nitrogens with one attached hydrogen (secondary N) is 1. The molecule has 0 spiro atoms. The predicted octanol–water partition coefficient (Wildman–Crippen LogP) is 2.99. The first kappa shape index (κ1) is 19.2. The number of aryl methyl sites for hydroxylation is 1. The molecule has 2 aromatic carbocycles. The lowest BCUT2D eigenvalue weighted by Gasteiger charge is -2.09. The molecule has 1 amide bonds. The van der Waals surface area contributed by atoms with Gasteiger partial charge in [0.15, 0.2) is 11.5 Å². The van der Waals surface area contributed by atoms with Crippen LogP contribution in [0.3, 0.4) is 0 Å². The molecule has 0 atom stereocenters. The van der Waals surface area contributed by atoms with Crippen LogP contribution in [0.4, 0.5) is 19.0 Å². The number of benzene rings is 2. The summed E-state index contributed by atoms with van der Waals surface area (Å²) in [7, 11) is 0. The van der Waals surface area contributed by atoms with Crippen LogP contribution in [0.5, 0.6) is 5.75 Å². The molecule has 0 unspecified atom stereocenters. The van der Waals surface area contributed by atoms with Crippen LogP contribution in [0.25, 0.3) is 5.69 Å². The molecule has 7 nitrogen and oxygen atoms in total. The Balaban J connectivity index is 1.70. The minimum absolute atomic E-state index is 0.0362. The third-order valence-electron chi connectivity index (χ3n) is 3.81. The Bertz CT molecular complexity index is 966. The Labute approximate surface area is 157 Å². The monoisotopic (exact) mass is 391 g/mol.